The fourth-order valence-corrected chi connectivity index (χ4v) is 2.08. The molecule has 2 aromatic rings. The van der Waals surface area contributed by atoms with Crippen molar-refractivity contribution in [2.45, 2.75) is 20.3 Å². The molecule has 0 aromatic carbocycles. The van der Waals surface area contributed by atoms with Crippen molar-refractivity contribution in [1.82, 2.24) is 19.6 Å². The number of Topliss-reactive ketones (excluding diaryl/α,β-unsaturated/α-hetero) is 2. The topological polar surface area (TPSA) is 69.8 Å². The van der Waals surface area contributed by atoms with Crippen LogP contribution in [0.4, 0.5) is 0 Å². The van der Waals surface area contributed by atoms with Crippen LogP contribution in [-0.4, -0.2) is 31.1 Å². The Hall–Kier alpha value is -2.24. The lowest BCUT2D eigenvalue weighted by molar-refractivity contribution is 0.0893. The Morgan fingerprint density at radius 3 is 2.37 bits per heavy atom. The molecule has 0 aliphatic heterocycles. The molecule has 0 amide bonds. The highest BCUT2D eigenvalue weighted by Gasteiger charge is 2.21. The second-order valence-corrected chi connectivity index (χ2v) is 4.60. The van der Waals surface area contributed by atoms with Gasteiger partial charge in [0.15, 0.2) is 11.6 Å². The zero-order chi connectivity index (χ0) is 14.2. The molecule has 0 spiro atoms. The largest absolute Gasteiger partial charge is 0.294 e. The number of carbonyl (C=O) groups is 2. The minimum Gasteiger partial charge on any atom is -0.294 e. The fraction of sp³-hybridized carbons (Fsp3) is 0.385. The van der Waals surface area contributed by atoms with E-state index in [4.69, 9.17) is 0 Å². The van der Waals surface area contributed by atoms with Gasteiger partial charge in [0.1, 0.15) is 0 Å². The number of nitrogens with zero attached hydrogens (tertiary/aromatic N) is 4. The summed E-state index contributed by atoms with van der Waals surface area (Å²) < 4.78 is 3.19. The van der Waals surface area contributed by atoms with Gasteiger partial charge in [0.2, 0.25) is 0 Å². The van der Waals surface area contributed by atoms with Gasteiger partial charge in [-0.25, -0.2) is 0 Å². The lowest BCUT2D eigenvalue weighted by Crippen LogP contribution is -2.10. The van der Waals surface area contributed by atoms with Crippen molar-refractivity contribution >= 4 is 11.6 Å². The van der Waals surface area contributed by atoms with Crippen LogP contribution in [0.5, 0.6) is 0 Å². The van der Waals surface area contributed by atoms with Crippen molar-refractivity contribution in [2.75, 3.05) is 0 Å². The summed E-state index contributed by atoms with van der Waals surface area (Å²) in [6, 6.07) is 0. The zero-order valence-electron chi connectivity index (χ0n) is 11.5. The Balaban J connectivity index is 2.20. The van der Waals surface area contributed by atoms with E-state index < -0.39 is 0 Å². The number of ketones is 2. The third kappa shape index (κ3) is 2.47. The molecule has 6 nitrogen and oxygen atoms in total. The highest BCUT2D eigenvalue weighted by Crippen LogP contribution is 2.15. The van der Waals surface area contributed by atoms with Crippen molar-refractivity contribution < 1.29 is 9.59 Å². The lowest BCUT2D eigenvalue weighted by atomic mass is 10.0. The van der Waals surface area contributed by atoms with E-state index in [1.807, 2.05) is 6.92 Å². The van der Waals surface area contributed by atoms with Crippen LogP contribution < -0.4 is 0 Å². The maximum atomic E-state index is 12.2. The molecule has 0 aliphatic rings. The first-order valence-electron chi connectivity index (χ1n) is 5.95. The van der Waals surface area contributed by atoms with Gasteiger partial charge in [0.25, 0.3) is 0 Å². The predicted octanol–water partition coefficient (Wildman–Crippen LogP) is 1.23. The highest BCUT2D eigenvalue weighted by molar-refractivity contribution is 6.14. The van der Waals surface area contributed by atoms with E-state index in [0.29, 0.717) is 16.8 Å². The number of rotatable bonds is 4. The molecule has 6 heteroatoms. The summed E-state index contributed by atoms with van der Waals surface area (Å²) in [5.41, 5.74) is 2.43. The van der Waals surface area contributed by atoms with Crippen LogP contribution in [0.15, 0.2) is 12.4 Å². The van der Waals surface area contributed by atoms with Gasteiger partial charge in [0, 0.05) is 26.0 Å². The van der Waals surface area contributed by atoms with Crippen LogP contribution >= 0.6 is 0 Å². The third-order valence-electron chi connectivity index (χ3n) is 3.14. The predicted molar refractivity (Wildman–Crippen MR) is 69.2 cm³/mol. The number of aromatic nitrogens is 4. The maximum Gasteiger partial charge on any atom is 0.174 e. The molecule has 0 fully saturated rings. The number of hydrogen-bond acceptors (Lipinski definition) is 4. The standard InChI is InChI=1S/C13H16N4O2/c1-8-13(9(2)17(4)15-8)12(19)5-11(18)10-6-14-16(3)7-10/h6-7H,5H2,1-4H3. The molecule has 0 unspecified atom stereocenters. The van der Waals surface area contributed by atoms with E-state index in [2.05, 4.69) is 10.2 Å². The van der Waals surface area contributed by atoms with E-state index in [-0.39, 0.29) is 18.0 Å². The Morgan fingerprint density at radius 1 is 1.21 bits per heavy atom. The molecule has 0 atom stereocenters. The minimum absolute atomic E-state index is 0.154. The fourth-order valence-electron chi connectivity index (χ4n) is 2.08. The Labute approximate surface area is 111 Å². The molecule has 0 saturated carbocycles. The van der Waals surface area contributed by atoms with Gasteiger partial charge in [-0.3, -0.25) is 19.0 Å². The van der Waals surface area contributed by atoms with Gasteiger partial charge < -0.3 is 0 Å². The minimum atomic E-state index is -0.222. The van der Waals surface area contributed by atoms with Crippen LogP contribution in [0, 0.1) is 13.8 Å². The highest BCUT2D eigenvalue weighted by atomic mass is 16.1. The van der Waals surface area contributed by atoms with E-state index in [0.717, 1.165) is 5.69 Å². The normalized spacial score (nSPS) is 10.7. The quantitative estimate of drug-likeness (QED) is 0.612. The Bertz CT molecular complexity index is 652. The van der Waals surface area contributed by atoms with Crippen molar-refractivity contribution in [2.24, 2.45) is 14.1 Å². The first kappa shape index (κ1) is 13.2. The maximum absolute atomic E-state index is 12.2. The van der Waals surface area contributed by atoms with E-state index in [9.17, 15) is 9.59 Å². The van der Waals surface area contributed by atoms with Gasteiger partial charge in [-0.15, -0.1) is 0 Å². The second kappa shape index (κ2) is 4.79. The van der Waals surface area contributed by atoms with Gasteiger partial charge in [-0.2, -0.15) is 10.2 Å². The molecule has 0 N–H and O–H groups in total. The molecule has 2 aromatic heterocycles. The molecule has 100 valence electrons. The average molecular weight is 260 g/mol. The monoisotopic (exact) mass is 260 g/mol. The van der Waals surface area contributed by atoms with Crippen molar-refractivity contribution in [3.05, 3.63) is 34.9 Å². The van der Waals surface area contributed by atoms with Crippen molar-refractivity contribution in [1.29, 1.82) is 0 Å². The number of hydrogen-bond donors (Lipinski definition) is 0. The van der Waals surface area contributed by atoms with E-state index in [1.165, 1.54) is 10.9 Å². The van der Waals surface area contributed by atoms with Gasteiger partial charge in [-0.1, -0.05) is 0 Å². The molecular weight excluding hydrogens is 244 g/mol. The van der Waals surface area contributed by atoms with E-state index in [1.54, 1.807) is 31.9 Å². The van der Waals surface area contributed by atoms with Crippen LogP contribution in [0.3, 0.4) is 0 Å². The number of carbonyl (C=O) groups excluding carboxylic acids is 2. The summed E-state index contributed by atoms with van der Waals surface area (Å²) in [5.74, 6) is -0.419. The molecule has 0 aliphatic carbocycles. The van der Waals surface area contributed by atoms with Crippen LogP contribution in [0.25, 0.3) is 0 Å². The molecule has 0 saturated heterocycles. The second-order valence-electron chi connectivity index (χ2n) is 4.60. The summed E-state index contributed by atoms with van der Waals surface area (Å²) in [6.45, 7) is 3.59. The van der Waals surface area contributed by atoms with Crippen molar-refractivity contribution in [3.63, 3.8) is 0 Å². The van der Waals surface area contributed by atoms with Gasteiger partial charge in [0.05, 0.1) is 29.4 Å². The van der Waals surface area contributed by atoms with Crippen molar-refractivity contribution in [3.8, 4) is 0 Å². The van der Waals surface area contributed by atoms with Gasteiger partial charge >= 0.3 is 0 Å². The first-order chi connectivity index (χ1) is 8.90. The lowest BCUT2D eigenvalue weighted by Gasteiger charge is -2.00. The van der Waals surface area contributed by atoms with Crippen LogP contribution in [0.1, 0.15) is 38.5 Å². The molecule has 2 heterocycles. The Morgan fingerprint density at radius 2 is 1.89 bits per heavy atom. The first-order valence-corrected chi connectivity index (χ1v) is 5.95. The van der Waals surface area contributed by atoms with Crippen LogP contribution in [0.2, 0.25) is 0 Å². The number of aryl methyl sites for hydroxylation is 3. The van der Waals surface area contributed by atoms with Gasteiger partial charge in [-0.05, 0) is 13.8 Å². The van der Waals surface area contributed by atoms with E-state index >= 15 is 0 Å². The Kier molecular flexibility index (Phi) is 3.33. The average Bonchev–Trinajstić information content (AvgIpc) is 2.84. The van der Waals surface area contributed by atoms with Crippen LogP contribution in [-0.2, 0) is 14.1 Å². The third-order valence-corrected chi connectivity index (χ3v) is 3.14. The molecular formula is C13H16N4O2. The zero-order valence-corrected chi connectivity index (χ0v) is 11.5. The summed E-state index contributed by atoms with van der Waals surface area (Å²) in [7, 11) is 3.51. The summed E-state index contributed by atoms with van der Waals surface area (Å²) in [5, 5.41) is 8.11. The molecule has 19 heavy (non-hydrogen) atoms. The summed E-state index contributed by atoms with van der Waals surface area (Å²) >= 11 is 0. The summed E-state index contributed by atoms with van der Waals surface area (Å²) in [6.07, 6.45) is 2.93. The summed E-state index contributed by atoms with van der Waals surface area (Å²) in [4.78, 5) is 24.2. The molecule has 0 bridgehead atoms. The smallest absolute Gasteiger partial charge is 0.174 e. The molecule has 0 radical (unpaired) electrons. The SMILES string of the molecule is Cc1nn(C)c(C)c1C(=O)CC(=O)c1cnn(C)c1. The molecule has 2 rings (SSSR count).